The van der Waals surface area contributed by atoms with Crippen LogP contribution in [0.5, 0.6) is 0 Å². The van der Waals surface area contributed by atoms with E-state index in [1.165, 1.54) is 0 Å². The summed E-state index contributed by atoms with van der Waals surface area (Å²) < 4.78 is 1.66. The van der Waals surface area contributed by atoms with Gasteiger partial charge in [-0.3, -0.25) is 9.99 Å². The number of rotatable bonds is 6. The molecule has 0 saturated heterocycles. The molecular formula is C11H16N8O. The van der Waals surface area contributed by atoms with E-state index < -0.39 is 0 Å². The fourth-order valence-corrected chi connectivity index (χ4v) is 1.84. The first-order chi connectivity index (χ1) is 9.74. The quantitative estimate of drug-likeness (QED) is 0.412. The summed E-state index contributed by atoms with van der Waals surface area (Å²) >= 11 is 0. The number of anilines is 2. The van der Waals surface area contributed by atoms with E-state index in [0.717, 1.165) is 12.8 Å². The predicted octanol–water partition coefficient (Wildman–Crippen LogP) is -0.473. The van der Waals surface area contributed by atoms with Gasteiger partial charge in [0, 0.05) is 24.4 Å². The highest BCUT2D eigenvalue weighted by Gasteiger charge is 2.41. The van der Waals surface area contributed by atoms with Gasteiger partial charge in [-0.1, -0.05) is 0 Å². The molecule has 2 aromatic heterocycles. The van der Waals surface area contributed by atoms with Gasteiger partial charge >= 0.3 is 0 Å². The number of nitrogens with zero attached hydrogens (tertiary/aromatic N) is 5. The summed E-state index contributed by atoms with van der Waals surface area (Å²) in [5.74, 6) is 6.46. The largest absolute Gasteiger partial charge is 0.396 e. The van der Waals surface area contributed by atoms with Gasteiger partial charge in [0.25, 0.3) is 0 Å². The highest BCUT2D eigenvalue weighted by molar-refractivity contribution is 5.37. The van der Waals surface area contributed by atoms with Crippen LogP contribution in [0, 0.1) is 5.41 Å². The molecule has 1 aliphatic carbocycles. The van der Waals surface area contributed by atoms with E-state index in [9.17, 15) is 5.11 Å². The van der Waals surface area contributed by atoms with Crippen LogP contribution in [0.15, 0.2) is 18.7 Å². The number of hydrogen-bond donors (Lipinski definition) is 4. The summed E-state index contributed by atoms with van der Waals surface area (Å²) in [6, 6.07) is 0. The van der Waals surface area contributed by atoms with Crippen LogP contribution in [0.4, 0.5) is 11.9 Å². The predicted molar refractivity (Wildman–Crippen MR) is 72.0 cm³/mol. The minimum absolute atomic E-state index is 0.0297. The number of aromatic nitrogens is 5. The first-order valence-electron chi connectivity index (χ1n) is 6.30. The smallest absolute Gasteiger partial charge is 0.243 e. The van der Waals surface area contributed by atoms with Gasteiger partial charge in [-0.15, -0.1) is 0 Å². The van der Waals surface area contributed by atoms with E-state index >= 15 is 0 Å². The van der Waals surface area contributed by atoms with Crippen molar-refractivity contribution in [3.63, 3.8) is 0 Å². The van der Waals surface area contributed by atoms with Gasteiger partial charge in [-0.2, -0.15) is 15.0 Å². The van der Waals surface area contributed by atoms with Crippen molar-refractivity contribution >= 4 is 11.9 Å². The average Bonchev–Trinajstić information content (AvgIpc) is 3.06. The van der Waals surface area contributed by atoms with Crippen molar-refractivity contribution in [1.29, 1.82) is 0 Å². The molecule has 1 aliphatic rings. The summed E-state index contributed by atoms with van der Waals surface area (Å²) in [6.07, 6.45) is 6.98. The number of aliphatic hydroxyl groups is 1. The number of nitrogens with one attached hydrogen (secondary N) is 2. The van der Waals surface area contributed by atoms with Crippen LogP contribution in [0.2, 0.25) is 0 Å². The fraction of sp³-hybridized carbons (Fsp3) is 0.455. The zero-order chi connectivity index (χ0) is 14.0. The van der Waals surface area contributed by atoms with E-state index in [4.69, 9.17) is 5.84 Å². The lowest BCUT2D eigenvalue weighted by molar-refractivity contribution is 0.219. The van der Waals surface area contributed by atoms with E-state index in [1.807, 2.05) is 0 Å². The summed E-state index contributed by atoms with van der Waals surface area (Å²) in [5, 5.41) is 12.4. The van der Waals surface area contributed by atoms with Gasteiger partial charge in [0.2, 0.25) is 17.8 Å². The van der Waals surface area contributed by atoms with Crippen molar-refractivity contribution in [3.8, 4) is 5.95 Å². The van der Waals surface area contributed by atoms with Crippen LogP contribution in [-0.2, 0) is 0 Å². The summed E-state index contributed by atoms with van der Waals surface area (Å²) in [5.41, 5.74) is 2.38. The maximum atomic E-state index is 9.30. The van der Waals surface area contributed by atoms with Crippen LogP contribution in [0.25, 0.3) is 5.95 Å². The Balaban J connectivity index is 1.81. The van der Waals surface area contributed by atoms with Crippen molar-refractivity contribution in [2.75, 3.05) is 23.9 Å². The summed E-state index contributed by atoms with van der Waals surface area (Å²) in [7, 11) is 0. The van der Waals surface area contributed by atoms with Gasteiger partial charge in [-0.05, 0) is 12.8 Å². The average molecular weight is 276 g/mol. The molecule has 3 rings (SSSR count). The highest BCUT2D eigenvalue weighted by Crippen LogP contribution is 2.44. The van der Waals surface area contributed by atoms with Crippen LogP contribution < -0.4 is 16.6 Å². The molecule has 2 heterocycles. The normalized spacial score (nSPS) is 15.9. The molecule has 0 radical (unpaired) electrons. The van der Waals surface area contributed by atoms with Crippen molar-refractivity contribution in [2.24, 2.45) is 11.3 Å². The molecule has 106 valence electrons. The number of nitrogen functional groups attached to an aromatic ring is 1. The molecule has 1 saturated carbocycles. The maximum absolute atomic E-state index is 9.30. The Morgan fingerprint density at radius 1 is 1.30 bits per heavy atom. The Bertz CT molecular complexity index is 580. The lowest BCUT2D eigenvalue weighted by atomic mass is 10.1. The molecule has 9 nitrogen and oxygen atoms in total. The van der Waals surface area contributed by atoms with Crippen molar-refractivity contribution in [1.82, 2.24) is 24.5 Å². The zero-order valence-corrected chi connectivity index (χ0v) is 10.8. The van der Waals surface area contributed by atoms with Crippen LogP contribution in [0.3, 0.4) is 0 Å². The Labute approximate surface area is 115 Å². The highest BCUT2D eigenvalue weighted by atomic mass is 16.3. The first-order valence-corrected chi connectivity index (χ1v) is 6.30. The van der Waals surface area contributed by atoms with Crippen molar-refractivity contribution < 1.29 is 5.11 Å². The number of hydrazine groups is 1. The second-order valence-electron chi connectivity index (χ2n) is 4.91. The monoisotopic (exact) mass is 276 g/mol. The van der Waals surface area contributed by atoms with Gasteiger partial charge in [0.1, 0.15) is 6.33 Å². The van der Waals surface area contributed by atoms with E-state index in [2.05, 4.69) is 30.7 Å². The van der Waals surface area contributed by atoms with Gasteiger partial charge in [0.15, 0.2) is 0 Å². The number of imidazole rings is 1. The third-order valence-electron chi connectivity index (χ3n) is 3.40. The van der Waals surface area contributed by atoms with Crippen LogP contribution in [-0.4, -0.2) is 42.8 Å². The molecular weight excluding hydrogens is 260 g/mol. The standard InChI is InChI=1S/C11H16N8O/c12-18-9-15-8(14-5-11(6-20)1-2-11)16-10(17-9)19-4-3-13-7-19/h3-4,7,20H,1-2,5-6,12H2,(H2,14,15,16,17,18). The van der Waals surface area contributed by atoms with Crippen LogP contribution >= 0.6 is 0 Å². The number of nitrogens with two attached hydrogens (primary N) is 1. The molecule has 2 aromatic rings. The van der Waals surface area contributed by atoms with E-state index in [-0.39, 0.29) is 18.0 Å². The van der Waals surface area contributed by atoms with Gasteiger partial charge in [-0.25, -0.2) is 10.8 Å². The van der Waals surface area contributed by atoms with Gasteiger partial charge < -0.3 is 10.4 Å². The zero-order valence-electron chi connectivity index (χ0n) is 10.8. The molecule has 0 amide bonds. The Morgan fingerprint density at radius 2 is 2.10 bits per heavy atom. The van der Waals surface area contributed by atoms with Gasteiger partial charge in [0.05, 0.1) is 6.61 Å². The number of aliphatic hydroxyl groups excluding tert-OH is 1. The third-order valence-corrected chi connectivity index (χ3v) is 3.40. The number of hydrogen-bond acceptors (Lipinski definition) is 8. The fourth-order valence-electron chi connectivity index (χ4n) is 1.84. The van der Waals surface area contributed by atoms with E-state index in [0.29, 0.717) is 18.4 Å². The molecule has 0 aliphatic heterocycles. The lowest BCUT2D eigenvalue weighted by Gasteiger charge is -2.13. The summed E-state index contributed by atoms with van der Waals surface area (Å²) in [4.78, 5) is 16.5. The molecule has 0 atom stereocenters. The molecule has 1 fully saturated rings. The molecule has 0 unspecified atom stereocenters. The third kappa shape index (κ3) is 2.53. The van der Waals surface area contributed by atoms with Crippen LogP contribution in [0.1, 0.15) is 12.8 Å². The van der Waals surface area contributed by atoms with Crippen molar-refractivity contribution in [3.05, 3.63) is 18.7 Å². The molecule has 20 heavy (non-hydrogen) atoms. The molecule has 0 bridgehead atoms. The molecule has 0 spiro atoms. The Morgan fingerprint density at radius 3 is 2.70 bits per heavy atom. The maximum Gasteiger partial charge on any atom is 0.243 e. The second-order valence-corrected chi connectivity index (χ2v) is 4.91. The molecule has 5 N–H and O–H groups in total. The second kappa shape index (κ2) is 5.02. The summed E-state index contributed by atoms with van der Waals surface area (Å²) in [6.45, 7) is 0.794. The first kappa shape index (κ1) is 12.8. The molecule has 9 heteroatoms. The van der Waals surface area contributed by atoms with E-state index in [1.54, 1.807) is 23.3 Å². The minimum Gasteiger partial charge on any atom is -0.396 e. The molecule has 0 aromatic carbocycles. The SMILES string of the molecule is NNc1nc(NCC2(CO)CC2)nc(-n2ccnc2)n1. The minimum atomic E-state index is -0.0297. The Hall–Kier alpha value is -2.26. The van der Waals surface area contributed by atoms with Crippen molar-refractivity contribution in [2.45, 2.75) is 12.8 Å². The Kier molecular flexibility index (Phi) is 3.20. The lowest BCUT2D eigenvalue weighted by Crippen LogP contribution is -2.22. The topological polar surface area (TPSA) is 127 Å².